The number of ether oxygens (including phenoxy) is 1. The molecule has 1 amide bonds. The van der Waals surface area contributed by atoms with E-state index in [2.05, 4.69) is 0 Å². The number of nitro benzene ring substituents is 1. The predicted molar refractivity (Wildman–Crippen MR) is 188 cm³/mol. The number of benzene rings is 5. The van der Waals surface area contributed by atoms with E-state index in [1.165, 1.54) is 6.07 Å². The molecule has 1 aliphatic heterocycles. The molecule has 0 radical (unpaired) electrons. The van der Waals surface area contributed by atoms with Gasteiger partial charge < -0.3 is 0 Å². The number of hydrogen-bond acceptors (Lipinski definition) is 6. The average Bonchev–Trinajstić information content (AvgIpc) is 3.12. The molecule has 0 bridgehead atoms. The Hall–Kier alpha value is -5.46. The van der Waals surface area contributed by atoms with Crippen LogP contribution in [0.5, 0.6) is 0 Å². The van der Waals surface area contributed by atoms with E-state index < -0.39 is 29.5 Å². The summed E-state index contributed by atoms with van der Waals surface area (Å²) in [5.41, 5.74) is -0.426. The summed E-state index contributed by atoms with van der Waals surface area (Å²) in [6, 6.07) is 44.1. The minimum absolute atomic E-state index is 0.000457. The molecule has 242 valence electrons. The second kappa shape index (κ2) is 13.7. The van der Waals surface area contributed by atoms with E-state index in [0.29, 0.717) is 5.56 Å². The number of Topliss-reactive ketones (excluding diaryl/α,β-unsaturated/α-hetero) is 1. The number of nitro groups is 1. The second-order valence-electron chi connectivity index (χ2n) is 12.2. The van der Waals surface area contributed by atoms with Gasteiger partial charge in [-0.3, -0.25) is 0 Å². The molecule has 9 heteroatoms. The summed E-state index contributed by atoms with van der Waals surface area (Å²) in [4.78, 5) is 55.5. The van der Waals surface area contributed by atoms with Crippen molar-refractivity contribution in [2.24, 2.45) is 0 Å². The van der Waals surface area contributed by atoms with Crippen LogP contribution >= 0.6 is 7.26 Å². The minimum atomic E-state index is -3.60. The Kier molecular flexibility index (Phi) is 9.28. The molecule has 0 aromatic heterocycles. The molecule has 0 N–H and O–H groups in total. The first-order chi connectivity index (χ1) is 23.3. The molecule has 6 rings (SSSR count). The van der Waals surface area contributed by atoms with Crippen molar-refractivity contribution in [3.63, 3.8) is 0 Å². The maximum atomic E-state index is 15.0. The van der Waals surface area contributed by atoms with Crippen molar-refractivity contribution >= 4 is 46.5 Å². The van der Waals surface area contributed by atoms with Crippen molar-refractivity contribution in [2.45, 2.75) is 37.7 Å². The zero-order valence-electron chi connectivity index (χ0n) is 26.4. The van der Waals surface area contributed by atoms with Gasteiger partial charge in [0.2, 0.25) is 0 Å². The molecule has 1 aliphatic rings. The fourth-order valence-corrected chi connectivity index (χ4v) is 12.4. The van der Waals surface area contributed by atoms with Gasteiger partial charge in [0, 0.05) is 0 Å². The van der Waals surface area contributed by atoms with Gasteiger partial charge in [-0.1, -0.05) is 0 Å². The molecule has 0 saturated carbocycles. The van der Waals surface area contributed by atoms with Gasteiger partial charge in [0.1, 0.15) is 0 Å². The molecule has 1 saturated heterocycles. The van der Waals surface area contributed by atoms with Crippen molar-refractivity contribution in [3.05, 3.63) is 167 Å². The molecule has 5 aromatic rings. The summed E-state index contributed by atoms with van der Waals surface area (Å²) in [5, 5.41) is 14.4. The van der Waals surface area contributed by atoms with E-state index in [4.69, 9.17) is 4.74 Å². The Morgan fingerprint density at radius 2 is 1.23 bits per heavy atom. The van der Waals surface area contributed by atoms with E-state index in [1.807, 2.05) is 104 Å². The third kappa shape index (κ3) is 6.03. The molecule has 2 unspecified atom stereocenters. The molecular weight excluding hydrogens is 623 g/mol. The van der Waals surface area contributed by atoms with Crippen molar-refractivity contribution in [2.75, 3.05) is 0 Å². The summed E-state index contributed by atoms with van der Waals surface area (Å²) in [6.07, 6.45) is 0.0713. The fourth-order valence-electron chi connectivity index (χ4n) is 6.97. The number of hydrogen-bond donors (Lipinski definition) is 0. The molecular formula is C39H35N2O6P. The number of carbonyl (C=O) groups is 3. The Morgan fingerprint density at radius 1 is 0.771 bits per heavy atom. The Labute approximate surface area is 279 Å². The number of carbonyl (C=O) groups excluding carboxylic acids is 3. The zero-order chi connectivity index (χ0) is 33.7. The second-order valence-corrected chi connectivity index (χ2v) is 16.1. The van der Waals surface area contributed by atoms with Gasteiger partial charge in [-0.2, -0.15) is 0 Å². The van der Waals surface area contributed by atoms with E-state index in [-0.39, 0.29) is 42.4 Å². The van der Waals surface area contributed by atoms with Crippen LogP contribution in [0.15, 0.2) is 146 Å². The number of para-hydroxylation sites is 1. The predicted octanol–water partition coefficient (Wildman–Crippen LogP) is 5.95. The van der Waals surface area contributed by atoms with Gasteiger partial charge in [0.15, 0.2) is 0 Å². The summed E-state index contributed by atoms with van der Waals surface area (Å²) in [5.74, 6) is -2.27. The molecule has 48 heavy (non-hydrogen) atoms. The first kappa shape index (κ1) is 32.5. The van der Waals surface area contributed by atoms with E-state index >= 15 is 0 Å². The average molecular weight is 659 g/mol. The first-order valence-corrected chi connectivity index (χ1v) is 17.8. The summed E-state index contributed by atoms with van der Waals surface area (Å²) in [7, 11) is -3.60. The fraction of sp³-hybridized carbons (Fsp3) is 0.154. The molecule has 0 spiro atoms. The van der Waals surface area contributed by atoms with Crippen LogP contribution in [0.4, 0.5) is 5.69 Å². The van der Waals surface area contributed by atoms with Gasteiger partial charge in [-0.15, -0.1) is 0 Å². The SMILES string of the molecule is CC1(CC(=O)c2ccccc2)CC(=O)N1C(C(=O)OCc1ccccc1[N+](=O)[O-])[PH](c1ccccc1)(c1ccccc1)c1ccccc1. The summed E-state index contributed by atoms with van der Waals surface area (Å²) < 4.78 is 6.05. The number of ketones is 1. The van der Waals surface area contributed by atoms with Crippen LogP contribution in [0.1, 0.15) is 35.7 Å². The number of nitrogens with zero attached hydrogens (tertiary/aromatic N) is 2. The molecule has 0 aliphatic carbocycles. The molecule has 5 aromatic carbocycles. The van der Waals surface area contributed by atoms with Crippen molar-refractivity contribution < 1.29 is 24.0 Å². The normalized spacial score (nSPS) is 16.8. The van der Waals surface area contributed by atoms with Crippen LogP contribution in [0.25, 0.3) is 0 Å². The first-order valence-electron chi connectivity index (χ1n) is 15.7. The number of rotatable bonds is 12. The van der Waals surface area contributed by atoms with Crippen molar-refractivity contribution in [3.8, 4) is 0 Å². The van der Waals surface area contributed by atoms with Gasteiger partial charge in [-0.25, -0.2) is 0 Å². The Morgan fingerprint density at radius 3 is 1.71 bits per heavy atom. The van der Waals surface area contributed by atoms with Gasteiger partial charge >= 0.3 is 280 Å². The monoisotopic (exact) mass is 658 g/mol. The van der Waals surface area contributed by atoms with Crippen molar-refractivity contribution in [1.29, 1.82) is 0 Å². The third-order valence-corrected chi connectivity index (χ3v) is 14.2. The van der Waals surface area contributed by atoms with Gasteiger partial charge in [0.05, 0.1) is 0 Å². The van der Waals surface area contributed by atoms with E-state index in [1.54, 1.807) is 47.4 Å². The van der Waals surface area contributed by atoms with E-state index in [9.17, 15) is 24.5 Å². The Bertz CT molecular complexity index is 1840. The number of esters is 1. The van der Waals surface area contributed by atoms with Crippen molar-refractivity contribution in [1.82, 2.24) is 4.90 Å². The van der Waals surface area contributed by atoms with Crippen LogP contribution in [0.3, 0.4) is 0 Å². The topological polar surface area (TPSA) is 107 Å². The Balaban J connectivity index is 1.56. The molecule has 8 nitrogen and oxygen atoms in total. The van der Waals surface area contributed by atoms with Gasteiger partial charge in [-0.05, 0) is 0 Å². The number of amides is 1. The third-order valence-electron chi connectivity index (χ3n) is 9.16. The molecule has 2 atom stereocenters. The van der Waals surface area contributed by atoms with Crippen LogP contribution in [0.2, 0.25) is 0 Å². The maximum absolute atomic E-state index is 15.0. The quantitative estimate of drug-likeness (QED) is 0.0410. The van der Waals surface area contributed by atoms with Gasteiger partial charge in [0.25, 0.3) is 0 Å². The van der Waals surface area contributed by atoms with Crippen LogP contribution in [0, 0.1) is 10.1 Å². The summed E-state index contributed by atoms with van der Waals surface area (Å²) in [6.45, 7) is 1.48. The summed E-state index contributed by atoms with van der Waals surface area (Å²) >= 11 is 0. The zero-order valence-corrected chi connectivity index (χ0v) is 27.4. The molecule has 1 fully saturated rings. The standard InChI is InChI=1S/C39H35N2O6P/c1-39(26-35(42)29-16-6-2-7-17-29)27-36(43)40(39)37(38(44)47-28-30-18-14-15-25-34(30)41(45)46)48(31-19-8-3-9-20-31,32-21-10-4-11-22-32)33-23-12-5-13-24-33/h2-25,37,48H,26-28H2,1H3. The van der Waals surface area contributed by atoms with E-state index in [0.717, 1.165) is 15.9 Å². The van der Waals surface area contributed by atoms with Crippen LogP contribution < -0.4 is 15.9 Å². The number of likely N-dealkylation sites (tertiary alicyclic amines) is 1. The number of β-lactam (4-membered cyclic amide) rings is 1. The van der Waals surface area contributed by atoms with Crippen LogP contribution in [-0.4, -0.2) is 38.8 Å². The molecule has 1 heterocycles. The van der Waals surface area contributed by atoms with Crippen LogP contribution in [-0.2, 0) is 20.9 Å².